The minimum atomic E-state index is -1.60. The lowest BCUT2D eigenvalue weighted by molar-refractivity contribution is -0.133. The lowest BCUT2D eigenvalue weighted by Crippen LogP contribution is -2.52. The normalized spacial score (nSPS) is 18.0. The van der Waals surface area contributed by atoms with Gasteiger partial charge in [0.1, 0.15) is 12.4 Å². The van der Waals surface area contributed by atoms with E-state index < -0.39 is 29.6 Å². The van der Waals surface area contributed by atoms with Gasteiger partial charge in [0.15, 0.2) is 6.04 Å². The van der Waals surface area contributed by atoms with E-state index in [1.807, 2.05) is 0 Å². The molecule has 27 heavy (non-hydrogen) atoms. The summed E-state index contributed by atoms with van der Waals surface area (Å²) in [7, 11) is 0. The van der Waals surface area contributed by atoms with Gasteiger partial charge < -0.3 is 26.0 Å². The fourth-order valence-electron chi connectivity index (χ4n) is 2.64. The SMILES string of the molecule is NC(=O)[C@H](NC(=O)C1CC1)C(=O)Nc1ccc(N2CCOCC2=O)cc1F. The molecule has 4 amide bonds. The Morgan fingerprint density at radius 1 is 1.30 bits per heavy atom. The highest BCUT2D eigenvalue weighted by Gasteiger charge is 2.35. The van der Waals surface area contributed by atoms with Crippen LogP contribution in [0.5, 0.6) is 0 Å². The largest absolute Gasteiger partial charge is 0.370 e. The third-order valence-electron chi connectivity index (χ3n) is 4.29. The first-order chi connectivity index (χ1) is 12.9. The minimum absolute atomic E-state index is 0.0823. The van der Waals surface area contributed by atoms with Crippen molar-refractivity contribution in [1.29, 1.82) is 0 Å². The molecule has 9 nitrogen and oxygen atoms in total. The highest BCUT2D eigenvalue weighted by Crippen LogP contribution is 2.29. The van der Waals surface area contributed by atoms with E-state index in [4.69, 9.17) is 10.5 Å². The van der Waals surface area contributed by atoms with E-state index >= 15 is 0 Å². The van der Waals surface area contributed by atoms with Crippen molar-refractivity contribution < 1.29 is 28.3 Å². The van der Waals surface area contributed by atoms with Crippen molar-refractivity contribution in [2.45, 2.75) is 18.9 Å². The van der Waals surface area contributed by atoms with Crippen molar-refractivity contribution in [3.05, 3.63) is 24.0 Å². The van der Waals surface area contributed by atoms with E-state index in [1.54, 1.807) is 0 Å². The van der Waals surface area contributed by atoms with E-state index in [2.05, 4.69) is 10.6 Å². The zero-order valence-electron chi connectivity index (χ0n) is 14.4. The third kappa shape index (κ3) is 4.40. The van der Waals surface area contributed by atoms with E-state index in [-0.39, 0.29) is 24.1 Å². The molecule has 0 aromatic heterocycles. The average Bonchev–Trinajstić information content (AvgIpc) is 3.46. The number of carbonyl (C=O) groups is 4. The summed E-state index contributed by atoms with van der Waals surface area (Å²) in [6.07, 6.45) is 1.38. The Bertz CT molecular complexity index is 796. The van der Waals surface area contributed by atoms with Crippen LogP contribution >= 0.6 is 0 Å². The summed E-state index contributed by atoms with van der Waals surface area (Å²) in [6, 6.07) is 2.23. The predicted octanol–water partition coefficient (Wildman–Crippen LogP) is -0.493. The van der Waals surface area contributed by atoms with Gasteiger partial charge in [0.25, 0.3) is 11.8 Å². The number of hydrogen-bond acceptors (Lipinski definition) is 5. The van der Waals surface area contributed by atoms with Crippen LogP contribution in [-0.4, -0.2) is 49.4 Å². The molecule has 1 atom stereocenters. The Kier molecular flexibility index (Phi) is 5.36. The number of morpholine rings is 1. The zero-order valence-corrected chi connectivity index (χ0v) is 14.4. The molecule has 1 saturated heterocycles. The first-order valence-electron chi connectivity index (χ1n) is 8.45. The van der Waals surface area contributed by atoms with Crippen molar-refractivity contribution >= 4 is 35.0 Å². The van der Waals surface area contributed by atoms with Gasteiger partial charge in [0.2, 0.25) is 11.8 Å². The summed E-state index contributed by atoms with van der Waals surface area (Å²) >= 11 is 0. The van der Waals surface area contributed by atoms with Crippen LogP contribution in [0.15, 0.2) is 18.2 Å². The molecule has 3 rings (SSSR count). The molecule has 0 radical (unpaired) electrons. The quantitative estimate of drug-likeness (QED) is 0.575. The summed E-state index contributed by atoms with van der Waals surface area (Å²) in [5.41, 5.74) is 5.30. The number of nitrogens with zero attached hydrogens (tertiary/aromatic N) is 1. The van der Waals surface area contributed by atoms with Gasteiger partial charge in [-0.15, -0.1) is 0 Å². The predicted molar refractivity (Wildman–Crippen MR) is 92.1 cm³/mol. The molecule has 0 unspecified atom stereocenters. The molecule has 4 N–H and O–H groups in total. The summed E-state index contributed by atoms with van der Waals surface area (Å²) in [5, 5.41) is 4.51. The number of anilines is 2. The van der Waals surface area contributed by atoms with Gasteiger partial charge in [-0.1, -0.05) is 0 Å². The standard InChI is InChI=1S/C17H19FN4O5/c18-11-7-10(22-5-6-27-8-13(22)23)3-4-12(11)20-17(26)14(15(19)24)21-16(25)9-1-2-9/h3-4,7,9,14H,1-2,5-6,8H2,(H2,19,24)(H,20,26)(H,21,25)/t14-/m0/s1. The van der Waals surface area contributed by atoms with Crippen LogP contribution < -0.4 is 21.3 Å². The molecule has 1 saturated carbocycles. The number of primary amides is 1. The number of halogens is 1. The summed E-state index contributed by atoms with van der Waals surface area (Å²) in [4.78, 5) is 48.7. The molecular weight excluding hydrogens is 359 g/mol. The number of carbonyl (C=O) groups excluding carboxylic acids is 4. The first-order valence-corrected chi connectivity index (χ1v) is 8.45. The minimum Gasteiger partial charge on any atom is -0.370 e. The van der Waals surface area contributed by atoms with Gasteiger partial charge in [-0.2, -0.15) is 0 Å². The highest BCUT2D eigenvalue weighted by molar-refractivity contribution is 6.11. The van der Waals surface area contributed by atoms with E-state index in [0.717, 1.165) is 6.07 Å². The van der Waals surface area contributed by atoms with Crippen LogP contribution in [0.25, 0.3) is 0 Å². The molecule has 0 spiro atoms. The lowest BCUT2D eigenvalue weighted by atomic mass is 10.2. The van der Waals surface area contributed by atoms with Gasteiger partial charge in [-0.05, 0) is 31.0 Å². The monoisotopic (exact) mass is 378 g/mol. The second-order valence-corrected chi connectivity index (χ2v) is 6.37. The number of nitrogens with two attached hydrogens (primary N) is 1. The first kappa shape index (κ1) is 18.8. The second-order valence-electron chi connectivity index (χ2n) is 6.37. The Morgan fingerprint density at radius 2 is 2.04 bits per heavy atom. The second kappa shape index (κ2) is 7.70. The number of rotatable bonds is 6. The maximum Gasteiger partial charge on any atom is 0.256 e. The molecule has 0 bridgehead atoms. The van der Waals surface area contributed by atoms with Gasteiger partial charge in [-0.25, -0.2) is 4.39 Å². The van der Waals surface area contributed by atoms with Gasteiger partial charge >= 0.3 is 0 Å². The van der Waals surface area contributed by atoms with Gasteiger partial charge in [0, 0.05) is 18.2 Å². The zero-order chi connectivity index (χ0) is 19.6. The molecular formula is C17H19FN4O5. The highest BCUT2D eigenvalue weighted by atomic mass is 19.1. The number of nitrogens with one attached hydrogen (secondary N) is 2. The van der Waals surface area contributed by atoms with Crippen LogP contribution in [0.1, 0.15) is 12.8 Å². The van der Waals surface area contributed by atoms with Crippen LogP contribution in [-0.2, 0) is 23.9 Å². The van der Waals surface area contributed by atoms with Crippen molar-refractivity contribution in [3.8, 4) is 0 Å². The Morgan fingerprint density at radius 3 is 2.63 bits per heavy atom. The molecule has 2 fully saturated rings. The van der Waals surface area contributed by atoms with Crippen molar-refractivity contribution in [1.82, 2.24) is 5.32 Å². The number of hydrogen-bond donors (Lipinski definition) is 3. The molecule has 2 aliphatic rings. The van der Waals surface area contributed by atoms with Crippen molar-refractivity contribution in [2.75, 3.05) is 30.0 Å². The average molecular weight is 378 g/mol. The Labute approximate surface area is 154 Å². The summed E-state index contributed by atoms with van der Waals surface area (Å²) < 4.78 is 19.4. The molecule has 1 aliphatic heterocycles. The number of benzene rings is 1. The Balaban J connectivity index is 1.69. The molecule has 10 heteroatoms. The van der Waals surface area contributed by atoms with Crippen LogP contribution in [0.4, 0.5) is 15.8 Å². The summed E-state index contributed by atoms with van der Waals surface area (Å²) in [5.74, 6) is -3.73. The van der Waals surface area contributed by atoms with Gasteiger partial charge in [-0.3, -0.25) is 19.2 Å². The van der Waals surface area contributed by atoms with Crippen molar-refractivity contribution in [2.24, 2.45) is 11.7 Å². The Hall–Kier alpha value is -3.01. The molecule has 1 aromatic carbocycles. The van der Waals surface area contributed by atoms with Crippen LogP contribution in [0.3, 0.4) is 0 Å². The number of ether oxygens (including phenoxy) is 1. The third-order valence-corrected chi connectivity index (χ3v) is 4.29. The number of amides is 4. The fourth-order valence-corrected chi connectivity index (χ4v) is 2.64. The molecule has 1 heterocycles. The van der Waals surface area contributed by atoms with E-state index in [9.17, 15) is 23.6 Å². The van der Waals surface area contributed by atoms with Crippen LogP contribution in [0.2, 0.25) is 0 Å². The van der Waals surface area contributed by atoms with E-state index in [0.29, 0.717) is 31.7 Å². The molecule has 1 aliphatic carbocycles. The molecule has 1 aromatic rings. The van der Waals surface area contributed by atoms with Crippen LogP contribution in [0, 0.1) is 11.7 Å². The fraction of sp³-hybridized carbons (Fsp3) is 0.412. The maximum atomic E-state index is 14.4. The van der Waals surface area contributed by atoms with Crippen molar-refractivity contribution in [3.63, 3.8) is 0 Å². The topological polar surface area (TPSA) is 131 Å². The lowest BCUT2D eigenvalue weighted by Gasteiger charge is -2.27. The smallest absolute Gasteiger partial charge is 0.256 e. The summed E-state index contributed by atoms with van der Waals surface area (Å²) in [6.45, 7) is 0.550. The van der Waals surface area contributed by atoms with Gasteiger partial charge in [0.05, 0.1) is 12.3 Å². The molecule has 144 valence electrons. The van der Waals surface area contributed by atoms with E-state index in [1.165, 1.54) is 17.0 Å². The maximum absolute atomic E-state index is 14.4.